The van der Waals surface area contributed by atoms with Crippen LogP contribution in [0.4, 0.5) is 0 Å². The van der Waals surface area contributed by atoms with Gasteiger partial charge in [0.2, 0.25) is 0 Å². The Bertz CT molecular complexity index is 312. The largest absolute Gasteiger partial charge is 0.299 e. The maximum atomic E-state index is 11.4. The Morgan fingerprint density at radius 1 is 1.43 bits per heavy atom. The van der Waals surface area contributed by atoms with Crippen molar-refractivity contribution >= 4 is 33.3 Å². The zero-order valence-corrected chi connectivity index (χ0v) is 10.1. The number of halogens is 2. The Morgan fingerprint density at radius 3 is 2.86 bits per heavy atom. The first-order valence-electron chi connectivity index (χ1n) is 4.54. The number of Topliss-reactive ketones (excluding diaryl/α,β-unsaturated/α-hetero) is 1. The molecule has 0 aliphatic rings. The molecular weight excluding hydrogens is 263 g/mol. The molecule has 0 aromatic heterocycles. The number of rotatable bonds is 5. The number of carbonyl (C=O) groups excluding carboxylic acids is 1. The molecule has 0 radical (unpaired) electrons. The zero-order chi connectivity index (χ0) is 10.4. The van der Waals surface area contributed by atoms with Gasteiger partial charge in [0, 0.05) is 23.2 Å². The summed E-state index contributed by atoms with van der Waals surface area (Å²) >= 11 is 8.89. The minimum Gasteiger partial charge on any atom is -0.299 e. The van der Waals surface area contributed by atoms with E-state index in [2.05, 4.69) is 15.9 Å². The maximum absolute atomic E-state index is 11.4. The van der Waals surface area contributed by atoms with Gasteiger partial charge < -0.3 is 0 Å². The minimum atomic E-state index is 0.253. The lowest BCUT2D eigenvalue weighted by Crippen LogP contribution is -2.02. The van der Waals surface area contributed by atoms with Gasteiger partial charge in [0.15, 0.2) is 0 Å². The van der Waals surface area contributed by atoms with E-state index in [1.165, 1.54) is 0 Å². The molecule has 0 bridgehead atoms. The van der Waals surface area contributed by atoms with Gasteiger partial charge in [-0.1, -0.05) is 28.1 Å². The van der Waals surface area contributed by atoms with E-state index in [1.807, 2.05) is 24.3 Å². The number of benzene rings is 1. The van der Waals surface area contributed by atoms with E-state index in [1.54, 1.807) is 0 Å². The second-order valence-electron chi connectivity index (χ2n) is 3.14. The maximum Gasteiger partial charge on any atom is 0.137 e. The molecule has 0 saturated carbocycles. The Labute approximate surface area is 97.6 Å². The van der Waals surface area contributed by atoms with Crippen LogP contribution in [0.2, 0.25) is 0 Å². The van der Waals surface area contributed by atoms with Gasteiger partial charge in [-0.3, -0.25) is 4.79 Å². The van der Waals surface area contributed by atoms with Gasteiger partial charge in [0.05, 0.1) is 0 Å². The smallest absolute Gasteiger partial charge is 0.137 e. The lowest BCUT2D eigenvalue weighted by atomic mass is 10.1. The van der Waals surface area contributed by atoms with E-state index < -0.39 is 0 Å². The predicted octanol–water partition coefficient (Wildman–Crippen LogP) is 3.58. The highest BCUT2D eigenvalue weighted by atomic mass is 79.9. The van der Waals surface area contributed by atoms with E-state index in [4.69, 9.17) is 11.6 Å². The van der Waals surface area contributed by atoms with Crippen LogP contribution in [-0.2, 0) is 11.2 Å². The Kier molecular flexibility index (Phi) is 5.20. The summed E-state index contributed by atoms with van der Waals surface area (Å²) in [6.45, 7) is 0. The van der Waals surface area contributed by atoms with Crippen molar-refractivity contribution in [2.45, 2.75) is 19.3 Å². The van der Waals surface area contributed by atoms with Gasteiger partial charge >= 0.3 is 0 Å². The molecule has 0 atom stereocenters. The van der Waals surface area contributed by atoms with Crippen molar-refractivity contribution in [3.05, 3.63) is 34.3 Å². The highest BCUT2D eigenvalue weighted by Crippen LogP contribution is 2.12. The Balaban J connectivity index is 2.47. The third-order valence-electron chi connectivity index (χ3n) is 1.88. The fourth-order valence-electron chi connectivity index (χ4n) is 1.23. The first-order valence-corrected chi connectivity index (χ1v) is 5.87. The van der Waals surface area contributed by atoms with Crippen molar-refractivity contribution in [1.29, 1.82) is 0 Å². The molecule has 1 aromatic rings. The van der Waals surface area contributed by atoms with Crippen LogP contribution in [0.15, 0.2) is 28.7 Å². The van der Waals surface area contributed by atoms with Crippen LogP contribution in [0.3, 0.4) is 0 Å². The van der Waals surface area contributed by atoms with Crippen LogP contribution in [0, 0.1) is 0 Å². The molecule has 0 fully saturated rings. The number of alkyl halides is 1. The minimum absolute atomic E-state index is 0.253. The second kappa shape index (κ2) is 6.20. The fourth-order valence-corrected chi connectivity index (χ4v) is 1.81. The number of hydrogen-bond donors (Lipinski definition) is 0. The van der Waals surface area contributed by atoms with E-state index in [0.29, 0.717) is 18.7 Å². The Hall–Kier alpha value is -0.340. The zero-order valence-electron chi connectivity index (χ0n) is 7.80. The van der Waals surface area contributed by atoms with Gasteiger partial charge in [0.25, 0.3) is 0 Å². The van der Waals surface area contributed by atoms with Crippen LogP contribution in [0.25, 0.3) is 0 Å². The third-order valence-corrected chi connectivity index (χ3v) is 2.64. The van der Waals surface area contributed by atoms with Crippen LogP contribution in [0.1, 0.15) is 18.4 Å². The number of hydrogen-bond acceptors (Lipinski definition) is 1. The summed E-state index contributed by atoms with van der Waals surface area (Å²) < 4.78 is 1.01. The molecule has 0 N–H and O–H groups in total. The molecule has 14 heavy (non-hydrogen) atoms. The molecule has 0 aliphatic heterocycles. The monoisotopic (exact) mass is 274 g/mol. The van der Waals surface area contributed by atoms with Gasteiger partial charge in [0.1, 0.15) is 5.78 Å². The normalized spacial score (nSPS) is 10.1. The van der Waals surface area contributed by atoms with E-state index in [0.717, 1.165) is 16.5 Å². The molecule has 0 unspecified atom stereocenters. The molecule has 76 valence electrons. The molecule has 1 nitrogen and oxygen atoms in total. The van der Waals surface area contributed by atoms with Gasteiger partial charge in [-0.15, -0.1) is 11.6 Å². The van der Waals surface area contributed by atoms with E-state index >= 15 is 0 Å². The quantitative estimate of drug-likeness (QED) is 0.751. The molecule has 0 amide bonds. The van der Waals surface area contributed by atoms with Crippen molar-refractivity contribution in [2.75, 3.05) is 5.88 Å². The van der Waals surface area contributed by atoms with Gasteiger partial charge in [-0.2, -0.15) is 0 Å². The third kappa shape index (κ3) is 4.25. The molecule has 1 aromatic carbocycles. The summed E-state index contributed by atoms with van der Waals surface area (Å²) in [6.07, 6.45) is 1.86. The van der Waals surface area contributed by atoms with E-state index in [9.17, 15) is 4.79 Å². The molecule has 0 heterocycles. The topological polar surface area (TPSA) is 17.1 Å². The van der Waals surface area contributed by atoms with Crippen molar-refractivity contribution in [1.82, 2.24) is 0 Å². The Morgan fingerprint density at radius 2 is 2.21 bits per heavy atom. The van der Waals surface area contributed by atoms with Crippen LogP contribution >= 0.6 is 27.5 Å². The SMILES string of the molecule is O=C(CCCCl)Cc1cccc(Br)c1. The second-order valence-corrected chi connectivity index (χ2v) is 4.43. The average molecular weight is 276 g/mol. The first kappa shape index (κ1) is 11.7. The van der Waals surface area contributed by atoms with Crippen molar-refractivity contribution in [3.8, 4) is 0 Å². The lowest BCUT2D eigenvalue weighted by molar-refractivity contribution is -0.118. The van der Waals surface area contributed by atoms with Crippen LogP contribution < -0.4 is 0 Å². The van der Waals surface area contributed by atoms with Crippen molar-refractivity contribution < 1.29 is 4.79 Å². The highest BCUT2D eigenvalue weighted by molar-refractivity contribution is 9.10. The van der Waals surface area contributed by atoms with Gasteiger partial charge in [-0.05, 0) is 24.1 Å². The molecule has 1 rings (SSSR count). The van der Waals surface area contributed by atoms with Crippen LogP contribution in [-0.4, -0.2) is 11.7 Å². The molecule has 3 heteroatoms. The number of ketones is 1. The lowest BCUT2D eigenvalue weighted by Gasteiger charge is -2.00. The average Bonchev–Trinajstić information content (AvgIpc) is 2.15. The summed E-state index contributed by atoms with van der Waals surface area (Å²) in [6, 6.07) is 7.82. The van der Waals surface area contributed by atoms with Crippen molar-refractivity contribution in [3.63, 3.8) is 0 Å². The molecule has 0 spiro atoms. The summed E-state index contributed by atoms with van der Waals surface area (Å²) in [5.74, 6) is 0.813. The number of carbonyl (C=O) groups is 1. The highest BCUT2D eigenvalue weighted by Gasteiger charge is 2.03. The first-order chi connectivity index (χ1) is 6.72. The fraction of sp³-hybridized carbons (Fsp3) is 0.364. The summed E-state index contributed by atoms with van der Waals surface area (Å²) in [5.41, 5.74) is 1.05. The van der Waals surface area contributed by atoms with Crippen LogP contribution in [0.5, 0.6) is 0 Å². The van der Waals surface area contributed by atoms with Gasteiger partial charge in [-0.25, -0.2) is 0 Å². The summed E-state index contributed by atoms with van der Waals surface area (Å²) in [5, 5.41) is 0. The molecule has 0 saturated heterocycles. The molecular formula is C11H12BrClO. The summed E-state index contributed by atoms with van der Waals surface area (Å²) in [4.78, 5) is 11.4. The van der Waals surface area contributed by atoms with Crippen molar-refractivity contribution in [2.24, 2.45) is 0 Å². The molecule has 0 aliphatic carbocycles. The van der Waals surface area contributed by atoms with E-state index in [-0.39, 0.29) is 5.78 Å². The summed E-state index contributed by atoms with van der Waals surface area (Å²) in [7, 11) is 0. The predicted molar refractivity (Wildman–Crippen MR) is 62.8 cm³/mol. The standard InChI is InChI=1S/C11H12BrClO/c12-10-4-1-3-9(7-10)8-11(14)5-2-6-13/h1,3-4,7H,2,5-6,8H2.